The lowest BCUT2D eigenvalue weighted by molar-refractivity contribution is 0.0951. The van der Waals surface area contributed by atoms with Crippen molar-refractivity contribution < 1.29 is 4.79 Å². The molecule has 7 nitrogen and oxygen atoms in total. The van der Waals surface area contributed by atoms with Crippen molar-refractivity contribution in [3.8, 4) is 0 Å². The van der Waals surface area contributed by atoms with Crippen molar-refractivity contribution in [2.24, 2.45) is 7.05 Å². The van der Waals surface area contributed by atoms with Crippen LogP contribution in [0, 0.1) is 0 Å². The molecular formula is C16H14N4O3. The SMILES string of the molecule is Cn1c(=O)[nH]c(=O)c2cc(C(=O)NCc3cccnc3)ccc21. The van der Waals surface area contributed by atoms with Crippen LogP contribution in [-0.2, 0) is 13.6 Å². The van der Waals surface area contributed by atoms with Crippen LogP contribution in [0.25, 0.3) is 10.9 Å². The van der Waals surface area contributed by atoms with E-state index in [0.29, 0.717) is 23.0 Å². The topological polar surface area (TPSA) is 96.9 Å². The summed E-state index contributed by atoms with van der Waals surface area (Å²) < 4.78 is 1.33. The smallest absolute Gasteiger partial charge is 0.328 e. The Hall–Kier alpha value is -3.22. The zero-order chi connectivity index (χ0) is 16.4. The number of aryl methyl sites for hydroxylation is 1. The molecular weight excluding hydrogens is 296 g/mol. The van der Waals surface area contributed by atoms with Crippen LogP contribution in [0.1, 0.15) is 15.9 Å². The molecule has 2 N–H and O–H groups in total. The van der Waals surface area contributed by atoms with E-state index in [9.17, 15) is 14.4 Å². The fourth-order valence-electron chi connectivity index (χ4n) is 2.30. The van der Waals surface area contributed by atoms with Gasteiger partial charge < -0.3 is 5.32 Å². The van der Waals surface area contributed by atoms with Crippen molar-refractivity contribution in [3.05, 3.63) is 74.7 Å². The summed E-state index contributed by atoms with van der Waals surface area (Å²) in [5.74, 6) is -0.302. The third kappa shape index (κ3) is 2.89. The largest absolute Gasteiger partial charge is 0.348 e. The fourth-order valence-corrected chi connectivity index (χ4v) is 2.30. The number of nitrogens with zero attached hydrogens (tertiary/aromatic N) is 2. The zero-order valence-electron chi connectivity index (χ0n) is 12.4. The van der Waals surface area contributed by atoms with Gasteiger partial charge in [-0.15, -0.1) is 0 Å². The first kappa shape index (κ1) is 14.7. The van der Waals surface area contributed by atoms with E-state index in [4.69, 9.17) is 0 Å². The Kier molecular flexibility index (Phi) is 3.76. The first-order chi connectivity index (χ1) is 11.1. The van der Waals surface area contributed by atoms with Gasteiger partial charge in [0.05, 0.1) is 10.9 Å². The number of carbonyl (C=O) groups is 1. The average Bonchev–Trinajstić information content (AvgIpc) is 2.58. The van der Waals surface area contributed by atoms with Crippen molar-refractivity contribution in [2.45, 2.75) is 6.54 Å². The molecule has 116 valence electrons. The van der Waals surface area contributed by atoms with Gasteiger partial charge >= 0.3 is 5.69 Å². The molecule has 1 aromatic carbocycles. The van der Waals surface area contributed by atoms with E-state index in [0.717, 1.165) is 5.56 Å². The van der Waals surface area contributed by atoms with Crippen LogP contribution >= 0.6 is 0 Å². The highest BCUT2D eigenvalue weighted by Gasteiger charge is 2.10. The number of aromatic amines is 1. The minimum absolute atomic E-state index is 0.293. The van der Waals surface area contributed by atoms with Crippen LogP contribution in [0.5, 0.6) is 0 Å². The summed E-state index contributed by atoms with van der Waals surface area (Å²) in [4.78, 5) is 41.9. The number of hydrogen-bond donors (Lipinski definition) is 2. The second-order valence-corrected chi connectivity index (χ2v) is 5.09. The third-order valence-corrected chi connectivity index (χ3v) is 3.57. The van der Waals surface area contributed by atoms with Crippen molar-refractivity contribution >= 4 is 16.8 Å². The molecule has 0 aliphatic carbocycles. The monoisotopic (exact) mass is 310 g/mol. The molecule has 0 aliphatic heterocycles. The van der Waals surface area contributed by atoms with Gasteiger partial charge in [-0.25, -0.2) is 4.79 Å². The summed E-state index contributed by atoms with van der Waals surface area (Å²) in [5.41, 5.74) is 0.705. The summed E-state index contributed by atoms with van der Waals surface area (Å²) in [7, 11) is 1.56. The van der Waals surface area contributed by atoms with Crippen LogP contribution in [0.4, 0.5) is 0 Å². The van der Waals surface area contributed by atoms with Gasteiger partial charge in [0.15, 0.2) is 0 Å². The maximum absolute atomic E-state index is 12.2. The number of amides is 1. The standard InChI is InChI=1S/C16H14N4O3/c1-20-13-5-4-11(7-12(13)15(22)19-16(20)23)14(21)18-9-10-3-2-6-17-8-10/h2-8H,9H2,1H3,(H,18,21)(H,19,22,23). The molecule has 3 aromatic rings. The Morgan fingerprint density at radius 1 is 1.30 bits per heavy atom. The lowest BCUT2D eigenvalue weighted by Crippen LogP contribution is -2.29. The van der Waals surface area contributed by atoms with Gasteiger partial charge in [0.1, 0.15) is 0 Å². The second-order valence-electron chi connectivity index (χ2n) is 5.09. The summed E-state index contributed by atoms with van der Waals surface area (Å²) in [6.45, 7) is 0.342. The van der Waals surface area contributed by atoms with Crippen molar-refractivity contribution in [3.63, 3.8) is 0 Å². The van der Waals surface area contributed by atoms with E-state index in [1.165, 1.54) is 10.6 Å². The molecule has 2 aromatic heterocycles. The highest BCUT2D eigenvalue weighted by atomic mass is 16.2. The van der Waals surface area contributed by atoms with E-state index in [1.807, 2.05) is 6.07 Å². The van der Waals surface area contributed by atoms with E-state index in [-0.39, 0.29) is 5.91 Å². The number of nitrogens with one attached hydrogen (secondary N) is 2. The number of rotatable bonds is 3. The Morgan fingerprint density at radius 3 is 2.87 bits per heavy atom. The van der Waals surface area contributed by atoms with Crippen LogP contribution in [0.2, 0.25) is 0 Å². The van der Waals surface area contributed by atoms with Crippen molar-refractivity contribution in [2.75, 3.05) is 0 Å². The molecule has 0 fully saturated rings. The molecule has 0 unspecified atom stereocenters. The molecule has 0 saturated heterocycles. The maximum Gasteiger partial charge on any atom is 0.328 e. The Labute approximate surface area is 130 Å². The highest BCUT2D eigenvalue weighted by molar-refractivity contribution is 5.97. The molecule has 0 atom stereocenters. The number of aromatic nitrogens is 3. The minimum Gasteiger partial charge on any atom is -0.348 e. The number of fused-ring (bicyclic) bond motifs is 1. The number of hydrogen-bond acceptors (Lipinski definition) is 4. The lowest BCUT2D eigenvalue weighted by atomic mass is 10.1. The fraction of sp³-hybridized carbons (Fsp3) is 0.125. The Morgan fingerprint density at radius 2 is 2.13 bits per heavy atom. The maximum atomic E-state index is 12.2. The molecule has 0 radical (unpaired) electrons. The number of benzene rings is 1. The molecule has 0 saturated carbocycles. The Bertz CT molecular complexity index is 990. The number of H-pyrrole nitrogens is 1. The first-order valence-electron chi connectivity index (χ1n) is 6.96. The van der Waals surface area contributed by atoms with Gasteiger partial charge in [0.2, 0.25) is 0 Å². The van der Waals surface area contributed by atoms with Crippen molar-refractivity contribution in [1.82, 2.24) is 19.9 Å². The zero-order valence-corrected chi connectivity index (χ0v) is 12.4. The molecule has 2 heterocycles. The normalized spacial score (nSPS) is 10.7. The predicted octanol–water partition coefficient (Wildman–Crippen LogP) is 0.552. The minimum atomic E-state index is -0.509. The lowest BCUT2D eigenvalue weighted by Gasteiger charge is -2.07. The second kappa shape index (κ2) is 5.88. The molecule has 7 heteroatoms. The summed E-state index contributed by atoms with van der Waals surface area (Å²) in [6.07, 6.45) is 3.33. The van der Waals surface area contributed by atoms with Crippen LogP contribution in [0.15, 0.2) is 52.3 Å². The van der Waals surface area contributed by atoms with Crippen LogP contribution in [-0.4, -0.2) is 20.4 Å². The third-order valence-electron chi connectivity index (χ3n) is 3.57. The van der Waals surface area contributed by atoms with E-state index < -0.39 is 11.2 Å². The number of carbonyl (C=O) groups excluding carboxylic acids is 1. The number of pyridine rings is 1. The van der Waals surface area contributed by atoms with Gasteiger partial charge in [0.25, 0.3) is 11.5 Å². The molecule has 0 aliphatic rings. The Balaban J connectivity index is 1.90. The highest BCUT2D eigenvalue weighted by Crippen LogP contribution is 2.10. The first-order valence-corrected chi connectivity index (χ1v) is 6.96. The summed E-state index contributed by atoms with van der Waals surface area (Å²) in [5, 5.41) is 3.06. The van der Waals surface area contributed by atoms with Crippen LogP contribution in [0.3, 0.4) is 0 Å². The molecule has 0 bridgehead atoms. The van der Waals surface area contributed by atoms with E-state index >= 15 is 0 Å². The average molecular weight is 310 g/mol. The quantitative estimate of drug-likeness (QED) is 0.738. The summed E-state index contributed by atoms with van der Waals surface area (Å²) in [6, 6.07) is 8.29. The van der Waals surface area contributed by atoms with E-state index in [2.05, 4.69) is 15.3 Å². The van der Waals surface area contributed by atoms with Gasteiger partial charge in [-0.05, 0) is 29.8 Å². The molecule has 1 amide bonds. The molecule has 23 heavy (non-hydrogen) atoms. The molecule has 0 spiro atoms. The summed E-state index contributed by atoms with van der Waals surface area (Å²) >= 11 is 0. The van der Waals surface area contributed by atoms with Crippen molar-refractivity contribution in [1.29, 1.82) is 0 Å². The predicted molar refractivity (Wildman–Crippen MR) is 85.2 cm³/mol. The van der Waals surface area contributed by atoms with Crippen LogP contribution < -0.4 is 16.6 Å². The van der Waals surface area contributed by atoms with Gasteiger partial charge in [-0.3, -0.25) is 24.1 Å². The van der Waals surface area contributed by atoms with Gasteiger partial charge in [-0.2, -0.15) is 0 Å². The van der Waals surface area contributed by atoms with E-state index in [1.54, 1.807) is 37.6 Å². The van der Waals surface area contributed by atoms with Gasteiger partial charge in [0, 0.05) is 31.5 Å². The molecule has 3 rings (SSSR count). The van der Waals surface area contributed by atoms with Gasteiger partial charge in [-0.1, -0.05) is 6.07 Å².